The number of carbonyl (C=O) groups is 1. The summed E-state index contributed by atoms with van der Waals surface area (Å²) < 4.78 is 31.9. The van der Waals surface area contributed by atoms with E-state index in [-0.39, 0.29) is 16.5 Å². The number of sulfonamides is 1. The molecule has 1 heterocycles. The minimum absolute atomic E-state index is 0.0466. The zero-order valence-electron chi connectivity index (χ0n) is 13.4. The minimum Gasteiger partial charge on any atom is -0.438 e. The van der Waals surface area contributed by atoms with E-state index in [1.165, 1.54) is 12.1 Å². The third kappa shape index (κ3) is 3.05. The molecule has 1 unspecified atom stereocenters. The Morgan fingerprint density at radius 1 is 1.17 bits per heavy atom. The maximum atomic E-state index is 12.9. The van der Waals surface area contributed by atoms with Crippen LogP contribution in [0.3, 0.4) is 0 Å². The average Bonchev–Trinajstić information content (AvgIpc) is 2.93. The number of benzene rings is 1. The molecule has 2 aliphatic rings. The molecule has 0 N–H and O–H groups in total. The molecule has 1 saturated carbocycles. The molecule has 130 valence electrons. The van der Waals surface area contributed by atoms with Gasteiger partial charge in [0.05, 0.1) is 10.6 Å². The molecule has 24 heavy (non-hydrogen) atoms. The highest BCUT2D eigenvalue weighted by molar-refractivity contribution is 7.89. The Hall–Kier alpha value is -1.53. The van der Waals surface area contributed by atoms with Crippen molar-refractivity contribution in [3.05, 3.63) is 41.1 Å². The van der Waals surface area contributed by atoms with E-state index in [0.717, 1.165) is 43.2 Å². The maximum absolute atomic E-state index is 12.9. The largest absolute Gasteiger partial charge is 0.438 e. The van der Waals surface area contributed by atoms with Crippen LogP contribution in [-0.4, -0.2) is 24.9 Å². The molecule has 5 nitrogen and oxygen atoms in total. The summed E-state index contributed by atoms with van der Waals surface area (Å²) >= 11 is 5.90. The molecule has 2 fully saturated rings. The first kappa shape index (κ1) is 17.3. The quantitative estimate of drug-likeness (QED) is 0.802. The minimum atomic E-state index is -4.03. The van der Waals surface area contributed by atoms with Crippen LogP contribution < -0.4 is 0 Å². The van der Waals surface area contributed by atoms with E-state index >= 15 is 0 Å². The van der Waals surface area contributed by atoms with Gasteiger partial charge in [-0.25, -0.2) is 13.2 Å². The van der Waals surface area contributed by atoms with Crippen molar-refractivity contribution >= 4 is 27.7 Å². The van der Waals surface area contributed by atoms with E-state index in [0.29, 0.717) is 4.31 Å². The zero-order chi connectivity index (χ0) is 17.3. The van der Waals surface area contributed by atoms with Gasteiger partial charge in [0.25, 0.3) is 10.0 Å². The lowest BCUT2D eigenvalue weighted by atomic mass is 9.84. The van der Waals surface area contributed by atoms with Crippen LogP contribution in [0.15, 0.2) is 40.4 Å². The molecule has 0 spiro atoms. The number of ether oxygens (including phenoxy) is 1. The van der Waals surface area contributed by atoms with Crippen molar-refractivity contribution in [3.8, 4) is 0 Å². The van der Waals surface area contributed by atoms with Crippen LogP contribution in [-0.2, 0) is 14.8 Å². The topological polar surface area (TPSA) is 63.7 Å². The van der Waals surface area contributed by atoms with Gasteiger partial charge in [-0.15, -0.1) is 0 Å². The standard InChI is InChI=1S/C17H20ClNO4S/c1-12-7-9-14(10-8-12)24(21,22)19-15(11-18)16(23-17(19)20)13-5-3-2-4-6-13/h7-11,13,16H,2-6H2,1H3/b15-11-. The lowest BCUT2D eigenvalue weighted by Gasteiger charge is -2.26. The van der Waals surface area contributed by atoms with Crippen LogP contribution in [0.2, 0.25) is 0 Å². The van der Waals surface area contributed by atoms with Gasteiger partial charge in [0.15, 0.2) is 0 Å². The lowest BCUT2D eigenvalue weighted by Crippen LogP contribution is -2.32. The lowest BCUT2D eigenvalue weighted by molar-refractivity contribution is 0.0963. The molecule has 1 atom stereocenters. The third-order valence-electron chi connectivity index (χ3n) is 4.67. The number of carbonyl (C=O) groups excluding carboxylic acids is 1. The van der Waals surface area contributed by atoms with Crippen molar-refractivity contribution in [2.45, 2.75) is 50.0 Å². The summed E-state index contributed by atoms with van der Waals surface area (Å²) in [7, 11) is -4.03. The number of hydrogen-bond acceptors (Lipinski definition) is 4. The molecular formula is C17H20ClNO4S. The highest BCUT2D eigenvalue weighted by atomic mass is 35.5. The van der Waals surface area contributed by atoms with Crippen LogP contribution in [0.25, 0.3) is 0 Å². The summed E-state index contributed by atoms with van der Waals surface area (Å²) in [5, 5.41) is 0. The summed E-state index contributed by atoms with van der Waals surface area (Å²) in [6.45, 7) is 1.86. The first-order valence-electron chi connectivity index (χ1n) is 8.08. The van der Waals surface area contributed by atoms with Gasteiger partial charge in [-0.2, -0.15) is 4.31 Å². The van der Waals surface area contributed by atoms with Gasteiger partial charge >= 0.3 is 6.09 Å². The molecule has 1 aromatic carbocycles. The number of hydrogen-bond donors (Lipinski definition) is 0. The summed E-state index contributed by atoms with van der Waals surface area (Å²) in [6, 6.07) is 6.35. The van der Waals surface area contributed by atoms with Crippen molar-refractivity contribution in [2.75, 3.05) is 0 Å². The Bertz CT molecular complexity index is 751. The van der Waals surface area contributed by atoms with Crippen LogP contribution in [0, 0.1) is 12.8 Å². The highest BCUT2D eigenvalue weighted by Crippen LogP contribution is 2.39. The highest BCUT2D eigenvalue weighted by Gasteiger charge is 2.47. The van der Waals surface area contributed by atoms with E-state index in [1.807, 2.05) is 6.92 Å². The first-order chi connectivity index (χ1) is 11.4. The second kappa shape index (κ2) is 6.76. The van der Waals surface area contributed by atoms with Gasteiger partial charge in [0.1, 0.15) is 6.10 Å². The Morgan fingerprint density at radius 2 is 1.79 bits per heavy atom. The first-order valence-corrected chi connectivity index (χ1v) is 9.95. The van der Waals surface area contributed by atoms with Gasteiger partial charge in [-0.05, 0) is 31.9 Å². The number of nitrogens with zero attached hydrogens (tertiary/aromatic N) is 1. The predicted octanol–water partition coefficient (Wildman–Crippen LogP) is 4.17. The van der Waals surface area contributed by atoms with Gasteiger partial charge in [-0.3, -0.25) is 0 Å². The summed E-state index contributed by atoms with van der Waals surface area (Å²) in [4.78, 5) is 12.4. The Morgan fingerprint density at radius 3 is 2.38 bits per heavy atom. The van der Waals surface area contributed by atoms with Gasteiger partial charge in [-0.1, -0.05) is 48.6 Å². The van der Waals surface area contributed by atoms with E-state index in [2.05, 4.69) is 0 Å². The van der Waals surface area contributed by atoms with Crippen molar-refractivity contribution in [2.24, 2.45) is 5.92 Å². The molecule has 0 aromatic heterocycles. The fourth-order valence-electron chi connectivity index (χ4n) is 3.37. The van der Waals surface area contributed by atoms with E-state index in [9.17, 15) is 13.2 Å². The summed E-state index contributed by atoms with van der Waals surface area (Å²) in [5.41, 5.74) is 2.32. The van der Waals surface area contributed by atoms with E-state index < -0.39 is 22.2 Å². The third-order valence-corrected chi connectivity index (χ3v) is 6.60. The number of amides is 1. The Balaban J connectivity index is 1.94. The Labute approximate surface area is 147 Å². The molecule has 7 heteroatoms. The SMILES string of the molecule is Cc1ccc(S(=O)(=O)N2C(=O)OC(C3CCCCC3)/C2=C/Cl)cc1. The van der Waals surface area contributed by atoms with Crippen LogP contribution in [0.5, 0.6) is 0 Å². The van der Waals surface area contributed by atoms with Gasteiger partial charge < -0.3 is 4.74 Å². The number of halogens is 1. The molecule has 1 aliphatic carbocycles. The van der Waals surface area contributed by atoms with E-state index in [4.69, 9.17) is 16.3 Å². The summed E-state index contributed by atoms with van der Waals surface area (Å²) in [5.74, 6) is 0.117. The molecule has 1 aliphatic heterocycles. The molecule has 1 aromatic rings. The van der Waals surface area contributed by atoms with E-state index in [1.54, 1.807) is 12.1 Å². The van der Waals surface area contributed by atoms with Crippen LogP contribution in [0.1, 0.15) is 37.7 Å². The number of aryl methyl sites for hydroxylation is 1. The number of rotatable bonds is 3. The fourth-order valence-corrected chi connectivity index (χ4v) is 5.02. The molecule has 3 rings (SSSR count). The normalized spacial score (nSPS) is 24.4. The summed E-state index contributed by atoms with van der Waals surface area (Å²) in [6.07, 6.45) is 3.61. The van der Waals surface area contributed by atoms with Crippen molar-refractivity contribution in [1.29, 1.82) is 0 Å². The second-order valence-corrected chi connectivity index (χ2v) is 8.32. The maximum Gasteiger partial charge on any atom is 0.429 e. The molecule has 1 amide bonds. The van der Waals surface area contributed by atoms with Crippen molar-refractivity contribution in [1.82, 2.24) is 4.31 Å². The molecule has 0 bridgehead atoms. The monoisotopic (exact) mass is 369 g/mol. The molecular weight excluding hydrogens is 350 g/mol. The fraction of sp³-hybridized carbons (Fsp3) is 0.471. The van der Waals surface area contributed by atoms with Gasteiger partial charge in [0.2, 0.25) is 0 Å². The van der Waals surface area contributed by atoms with Crippen LogP contribution in [0.4, 0.5) is 4.79 Å². The zero-order valence-corrected chi connectivity index (χ0v) is 15.0. The average molecular weight is 370 g/mol. The van der Waals surface area contributed by atoms with Crippen molar-refractivity contribution in [3.63, 3.8) is 0 Å². The Kier molecular flexibility index (Phi) is 4.88. The number of cyclic esters (lactones) is 1. The predicted molar refractivity (Wildman–Crippen MR) is 91.0 cm³/mol. The van der Waals surface area contributed by atoms with Crippen molar-refractivity contribution < 1.29 is 17.9 Å². The smallest absolute Gasteiger partial charge is 0.429 e. The molecule has 0 radical (unpaired) electrons. The molecule has 1 saturated heterocycles. The van der Waals surface area contributed by atoms with Gasteiger partial charge in [0, 0.05) is 11.5 Å². The van der Waals surface area contributed by atoms with Crippen LogP contribution >= 0.6 is 11.6 Å². The second-order valence-electron chi connectivity index (χ2n) is 6.32.